The van der Waals surface area contributed by atoms with E-state index < -0.39 is 17.7 Å². The van der Waals surface area contributed by atoms with Crippen LogP contribution in [0.5, 0.6) is 0 Å². The number of aromatic amines is 1. The molecule has 0 fully saturated rings. The number of hydrogen-bond donors (Lipinski definition) is 2. The van der Waals surface area contributed by atoms with E-state index >= 15 is 0 Å². The van der Waals surface area contributed by atoms with Crippen molar-refractivity contribution in [1.29, 1.82) is 0 Å². The molecular weight excluding hydrogens is 365 g/mol. The molecule has 1 amide bonds. The molecule has 1 atom stereocenters. The molecule has 4 rings (SSSR count). The first-order valence-corrected chi connectivity index (χ1v) is 8.68. The summed E-state index contributed by atoms with van der Waals surface area (Å²) in [6, 6.07) is 6.24. The van der Waals surface area contributed by atoms with Crippen molar-refractivity contribution in [3.8, 4) is 5.69 Å². The maximum atomic E-state index is 14.2. The van der Waals surface area contributed by atoms with Crippen LogP contribution in [-0.4, -0.2) is 39.0 Å². The fourth-order valence-corrected chi connectivity index (χ4v) is 3.65. The van der Waals surface area contributed by atoms with E-state index in [0.717, 1.165) is 11.4 Å². The quantitative estimate of drug-likeness (QED) is 0.677. The third kappa shape index (κ3) is 2.84. The number of H-pyrrole nitrogens is 1. The Morgan fingerprint density at radius 2 is 2.11 bits per heavy atom. The van der Waals surface area contributed by atoms with Crippen LogP contribution >= 0.6 is 0 Å². The number of rotatable bonds is 3. The van der Waals surface area contributed by atoms with E-state index in [1.54, 1.807) is 10.7 Å². The molecule has 144 valence electrons. The smallest absolute Gasteiger partial charge is 0.356 e. The van der Waals surface area contributed by atoms with Gasteiger partial charge in [0, 0.05) is 23.6 Å². The van der Waals surface area contributed by atoms with Crippen molar-refractivity contribution in [3.63, 3.8) is 0 Å². The Labute approximate surface area is 159 Å². The van der Waals surface area contributed by atoms with Gasteiger partial charge in [-0.25, -0.2) is 13.9 Å². The first-order chi connectivity index (χ1) is 13.4. The molecule has 0 spiro atoms. The molecule has 1 aliphatic rings. The summed E-state index contributed by atoms with van der Waals surface area (Å²) in [5.41, 5.74) is 3.45. The topological polar surface area (TPSA) is 102 Å². The van der Waals surface area contributed by atoms with Gasteiger partial charge in [-0.1, -0.05) is 0 Å². The van der Waals surface area contributed by atoms with Gasteiger partial charge in [0.15, 0.2) is 5.82 Å². The van der Waals surface area contributed by atoms with Crippen molar-refractivity contribution in [2.75, 3.05) is 12.4 Å². The molecule has 3 aromatic rings. The second-order valence-electron chi connectivity index (χ2n) is 6.70. The molecule has 0 saturated heterocycles. The molecule has 0 saturated carbocycles. The standard InChI is InChI=1S/C19H18FN5O3/c1-9-6-10(2)25(24-9)14-5-4-11(20)7-12(14)13-8-15(26)21-18-16(13)17(22-23-18)19(27)28-3/h4-7,13H,8H2,1-3H3,(H2,21,22,23,26). The largest absolute Gasteiger partial charge is 0.464 e. The third-order valence-electron chi connectivity index (χ3n) is 4.79. The number of amides is 1. The molecule has 3 heterocycles. The number of aromatic nitrogens is 4. The minimum absolute atomic E-state index is 0.0340. The lowest BCUT2D eigenvalue weighted by atomic mass is 9.84. The fourth-order valence-electron chi connectivity index (χ4n) is 3.65. The Balaban J connectivity index is 1.95. The molecule has 0 bridgehead atoms. The SMILES string of the molecule is COC(=O)c1[nH]nc2c1C(c1cc(F)ccc1-n1nc(C)cc1C)CC(=O)N2. The summed E-state index contributed by atoms with van der Waals surface area (Å²) in [6.45, 7) is 3.76. The summed E-state index contributed by atoms with van der Waals surface area (Å²) in [7, 11) is 1.26. The van der Waals surface area contributed by atoms with Gasteiger partial charge in [-0.15, -0.1) is 0 Å². The number of halogens is 1. The highest BCUT2D eigenvalue weighted by atomic mass is 19.1. The number of carbonyl (C=O) groups is 2. The third-order valence-corrected chi connectivity index (χ3v) is 4.79. The summed E-state index contributed by atoms with van der Waals surface area (Å²) in [4.78, 5) is 24.5. The molecule has 2 aromatic heterocycles. The van der Waals surface area contributed by atoms with Crippen LogP contribution in [0.15, 0.2) is 24.3 Å². The van der Waals surface area contributed by atoms with E-state index in [1.165, 1.54) is 19.2 Å². The molecule has 0 radical (unpaired) electrons. The van der Waals surface area contributed by atoms with E-state index in [4.69, 9.17) is 4.74 Å². The summed E-state index contributed by atoms with van der Waals surface area (Å²) < 4.78 is 20.7. The monoisotopic (exact) mass is 383 g/mol. The maximum Gasteiger partial charge on any atom is 0.356 e. The predicted octanol–water partition coefficient (Wildman–Crippen LogP) is 2.61. The van der Waals surface area contributed by atoms with Gasteiger partial charge in [0.2, 0.25) is 5.91 Å². The molecule has 28 heavy (non-hydrogen) atoms. The van der Waals surface area contributed by atoms with Crippen LogP contribution in [0.1, 0.15) is 45.3 Å². The van der Waals surface area contributed by atoms with Crippen molar-refractivity contribution in [3.05, 3.63) is 58.3 Å². The highest BCUT2D eigenvalue weighted by Crippen LogP contribution is 2.41. The number of ether oxygens (including phenoxy) is 1. The van der Waals surface area contributed by atoms with Crippen molar-refractivity contribution < 1.29 is 18.7 Å². The molecule has 9 heteroatoms. The van der Waals surface area contributed by atoms with Crippen LogP contribution in [-0.2, 0) is 9.53 Å². The van der Waals surface area contributed by atoms with Crippen LogP contribution in [0.4, 0.5) is 10.2 Å². The molecule has 1 aliphatic heterocycles. The van der Waals surface area contributed by atoms with Crippen LogP contribution in [0.2, 0.25) is 0 Å². The van der Waals surface area contributed by atoms with Crippen molar-refractivity contribution in [2.24, 2.45) is 0 Å². The Bertz CT molecular complexity index is 1100. The van der Waals surface area contributed by atoms with Gasteiger partial charge in [0.1, 0.15) is 11.5 Å². The normalized spacial score (nSPS) is 15.9. The number of methoxy groups -OCH3 is 1. The van der Waals surface area contributed by atoms with Crippen LogP contribution < -0.4 is 5.32 Å². The van der Waals surface area contributed by atoms with E-state index in [9.17, 15) is 14.0 Å². The second kappa shape index (κ2) is 6.59. The number of hydrogen-bond acceptors (Lipinski definition) is 5. The van der Waals surface area contributed by atoms with E-state index in [2.05, 4.69) is 20.6 Å². The molecule has 0 aliphatic carbocycles. The van der Waals surface area contributed by atoms with Gasteiger partial charge >= 0.3 is 5.97 Å². The summed E-state index contributed by atoms with van der Waals surface area (Å²) in [5, 5.41) is 13.8. The van der Waals surface area contributed by atoms with Gasteiger partial charge in [-0.3, -0.25) is 9.89 Å². The zero-order valence-corrected chi connectivity index (χ0v) is 15.5. The number of carbonyl (C=O) groups excluding carboxylic acids is 2. The first-order valence-electron chi connectivity index (χ1n) is 8.68. The van der Waals surface area contributed by atoms with E-state index in [-0.39, 0.29) is 23.8 Å². The van der Waals surface area contributed by atoms with Gasteiger partial charge in [0.25, 0.3) is 0 Å². The summed E-state index contributed by atoms with van der Waals surface area (Å²) in [5.74, 6) is -1.68. The Hall–Kier alpha value is -3.49. The van der Waals surface area contributed by atoms with E-state index in [1.807, 2.05) is 19.9 Å². The number of esters is 1. The number of aryl methyl sites for hydroxylation is 2. The average molecular weight is 383 g/mol. The molecule has 2 N–H and O–H groups in total. The number of benzene rings is 1. The minimum Gasteiger partial charge on any atom is -0.464 e. The number of fused-ring (bicyclic) bond motifs is 1. The van der Waals surface area contributed by atoms with Crippen LogP contribution in [0.25, 0.3) is 5.69 Å². The van der Waals surface area contributed by atoms with Crippen LogP contribution in [0.3, 0.4) is 0 Å². The zero-order chi connectivity index (χ0) is 20.0. The molecule has 8 nitrogen and oxygen atoms in total. The van der Waals surface area contributed by atoms with Gasteiger partial charge in [0.05, 0.1) is 18.5 Å². The van der Waals surface area contributed by atoms with Crippen molar-refractivity contribution in [1.82, 2.24) is 20.0 Å². The minimum atomic E-state index is -0.612. The van der Waals surface area contributed by atoms with Gasteiger partial charge in [-0.2, -0.15) is 10.2 Å². The summed E-state index contributed by atoms with van der Waals surface area (Å²) >= 11 is 0. The maximum absolute atomic E-state index is 14.2. The lowest BCUT2D eigenvalue weighted by molar-refractivity contribution is -0.116. The van der Waals surface area contributed by atoms with E-state index in [0.29, 0.717) is 16.8 Å². The lowest BCUT2D eigenvalue weighted by Gasteiger charge is -2.25. The fraction of sp³-hybridized carbons (Fsp3) is 0.263. The molecule has 1 aromatic carbocycles. The molecule has 1 unspecified atom stereocenters. The second-order valence-corrected chi connectivity index (χ2v) is 6.70. The Morgan fingerprint density at radius 1 is 1.32 bits per heavy atom. The van der Waals surface area contributed by atoms with Crippen molar-refractivity contribution >= 4 is 17.7 Å². The number of nitrogens with zero attached hydrogens (tertiary/aromatic N) is 3. The van der Waals surface area contributed by atoms with Gasteiger partial charge in [-0.05, 0) is 43.7 Å². The number of anilines is 1. The number of nitrogens with one attached hydrogen (secondary N) is 2. The van der Waals surface area contributed by atoms with Crippen LogP contribution in [0, 0.1) is 19.7 Å². The summed E-state index contributed by atoms with van der Waals surface area (Å²) in [6.07, 6.45) is 0.0340. The lowest BCUT2D eigenvalue weighted by Crippen LogP contribution is -2.25. The van der Waals surface area contributed by atoms with Gasteiger partial charge < -0.3 is 10.1 Å². The molecular formula is C19H18FN5O3. The highest BCUT2D eigenvalue weighted by Gasteiger charge is 2.35. The highest BCUT2D eigenvalue weighted by molar-refractivity contribution is 5.99. The van der Waals surface area contributed by atoms with Crippen molar-refractivity contribution in [2.45, 2.75) is 26.2 Å². The predicted molar refractivity (Wildman–Crippen MR) is 98.0 cm³/mol. The first kappa shape index (κ1) is 17.9. The zero-order valence-electron chi connectivity index (χ0n) is 15.5. The Morgan fingerprint density at radius 3 is 2.79 bits per heavy atom. The average Bonchev–Trinajstić information content (AvgIpc) is 3.23. The Kier molecular flexibility index (Phi) is 4.21.